The van der Waals surface area contributed by atoms with Crippen LogP contribution in [-0.4, -0.2) is 36.5 Å². The molecule has 20 heavy (non-hydrogen) atoms. The molecule has 1 N–H and O–H groups in total. The maximum absolute atomic E-state index is 12.1. The van der Waals surface area contributed by atoms with Crippen LogP contribution in [0.15, 0.2) is 22.7 Å². The summed E-state index contributed by atoms with van der Waals surface area (Å²) >= 11 is 9.26. The topological polar surface area (TPSA) is 32.3 Å². The summed E-state index contributed by atoms with van der Waals surface area (Å²) in [4.78, 5) is 14.5. The molecule has 2 rings (SSSR count). The largest absolute Gasteiger partial charge is 0.352 e. The van der Waals surface area contributed by atoms with Gasteiger partial charge in [0.1, 0.15) is 0 Å². The first-order valence-corrected chi connectivity index (χ1v) is 8.11. The number of nitrogens with one attached hydrogen (secondary N) is 1. The fourth-order valence-electron chi connectivity index (χ4n) is 2.47. The molecular weight excluding hydrogens is 340 g/mol. The third-order valence-electron chi connectivity index (χ3n) is 3.78. The first kappa shape index (κ1) is 15.8. The van der Waals surface area contributed by atoms with Crippen molar-refractivity contribution in [1.82, 2.24) is 10.2 Å². The summed E-state index contributed by atoms with van der Waals surface area (Å²) in [5, 5.41) is 3.63. The highest BCUT2D eigenvalue weighted by Gasteiger charge is 2.24. The molecule has 1 aromatic rings. The highest BCUT2D eigenvalue weighted by atomic mass is 79.9. The SMILES string of the molecule is CC(C)N1CCC(CNC(=O)c2ccc(Cl)c(Br)c2)C1. The minimum atomic E-state index is -0.0367. The van der Waals surface area contributed by atoms with Gasteiger partial charge in [-0.15, -0.1) is 0 Å². The van der Waals surface area contributed by atoms with Crippen LogP contribution in [0.25, 0.3) is 0 Å². The van der Waals surface area contributed by atoms with Gasteiger partial charge in [0.05, 0.1) is 5.02 Å². The van der Waals surface area contributed by atoms with Gasteiger partial charge < -0.3 is 10.2 Å². The molecule has 0 bridgehead atoms. The summed E-state index contributed by atoms with van der Waals surface area (Å²) < 4.78 is 0.749. The van der Waals surface area contributed by atoms with Gasteiger partial charge in [-0.3, -0.25) is 4.79 Å². The van der Waals surface area contributed by atoms with Crippen molar-refractivity contribution in [2.45, 2.75) is 26.3 Å². The average molecular weight is 360 g/mol. The molecule has 0 spiro atoms. The van der Waals surface area contributed by atoms with E-state index in [1.807, 2.05) is 0 Å². The smallest absolute Gasteiger partial charge is 0.251 e. The van der Waals surface area contributed by atoms with E-state index in [2.05, 4.69) is 40.0 Å². The van der Waals surface area contributed by atoms with E-state index >= 15 is 0 Å². The van der Waals surface area contributed by atoms with E-state index in [1.54, 1.807) is 18.2 Å². The Bertz CT molecular complexity index is 493. The van der Waals surface area contributed by atoms with Gasteiger partial charge in [-0.2, -0.15) is 0 Å². The van der Waals surface area contributed by atoms with Gasteiger partial charge >= 0.3 is 0 Å². The Labute approximate surface area is 133 Å². The second-order valence-electron chi connectivity index (χ2n) is 5.58. The summed E-state index contributed by atoms with van der Waals surface area (Å²) in [7, 11) is 0. The first-order chi connectivity index (χ1) is 9.47. The van der Waals surface area contributed by atoms with Crippen LogP contribution in [0.1, 0.15) is 30.6 Å². The molecule has 1 atom stereocenters. The molecule has 5 heteroatoms. The van der Waals surface area contributed by atoms with E-state index in [1.165, 1.54) is 0 Å². The number of benzene rings is 1. The normalized spacial score (nSPS) is 19.6. The lowest BCUT2D eigenvalue weighted by Gasteiger charge is -2.20. The Balaban J connectivity index is 1.85. The van der Waals surface area contributed by atoms with Crippen LogP contribution in [0.3, 0.4) is 0 Å². The van der Waals surface area contributed by atoms with Crippen LogP contribution in [0.5, 0.6) is 0 Å². The van der Waals surface area contributed by atoms with Crippen molar-refractivity contribution in [3.63, 3.8) is 0 Å². The number of likely N-dealkylation sites (tertiary alicyclic amines) is 1. The van der Waals surface area contributed by atoms with Gasteiger partial charge in [-0.05, 0) is 66.9 Å². The molecule has 0 aromatic heterocycles. The Morgan fingerprint density at radius 3 is 2.90 bits per heavy atom. The molecule has 1 unspecified atom stereocenters. The minimum Gasteiger partial charge on any atom is -0.352 e. The van der Waals surface area contributed by atoms with Gasteiger partial charge in [0.25, 0.3) is 5.91 Å². The van der Waals surface area contributed by atoms with Crippen molar-refractivity contribution in [3.05, 3.63) is 33.3 Å². The number of carbonyl (C=O) groups is 1. The minimum absolute atomic E-state index is 0.0367. The van der Waals surface area contributed by atoms with E-state index in [0.717, 1.165) is 30.5 Å². The maximum atomic E-state index is 12.1. The van der Waals surface area contributed by atoms with Crippen LogP contribution in [0.2, 0.25) is 5.02 Å². The molecule has 1 aliphatic rings. The quantitative estimate of drug-likeness (QED) is 0.891. The number of rotatable bonds is 4. The molecule has 0 aliphatic carbocycles. The van der Waals surface area contributed by atoms with Crippen LogP contribution >= 0.6 is 27.5 Å². The third-order valence-corrected chi connectivity index (χ3v) is 4.99. The predicted octanol–water partition coefficient (Wildman–Crippen LogP) is 3.56. The lowest BCUT2D eigenvalue weighted by atomic mass is 10.1. The molecule has 1 fully saturated rings. The predicted molar refractivity (Wildman–Crippen MR) is 86.3 cm³/mol. The second kappa shape index (κ2) is 6.92. The highest BCUT2D eigenvalue weighted by molar-refractivity contribution is 9.10. The number of amides is 1. The van der Waals surface area contributed by atoms with Crippen molar-refractivity contribution < 1.29 is 4.79 Å². The zero-order chi connectivity index (χ0) is 14.7. The van der Waals surface area contributed by atoms with E-state index in [9.17, 15) is 4.79 Å². The van der Waals surface area contributed by atoms with Crippen LogP contribution in [-0.2, 0) is 0 Å². The monoisotopic (exact) mass is 358 g/mol. The van der Waals surface area contributed by atoms with Gasteiger partial charge in [-0.1, -0.05) is 11.6 Å². The fraction of sp³-hybridized carbons (Fsp3) is 0.533. The van der Waals surface area contributed by atoms with Crippen LogP contribution in [0.4, 0.5) is 0 Å². The fourth-order valence-corrected chi connectivity index (χ4v) is 2.97. The summed E-state index contributed by atoms with van der Waals surface area (Å²) in [5.41, 5.74) is 0.639. The van der Waals surface area contributed by atoms with Crippen molar-refractivity contribution in [2.75, 3.05) is 19.6 Å². The van der Waals surface area contributed by atoms with Crippen LogP contribution < -0.4 is 5.32 Å². The highest BCUT2D eigenvalue weighted by Crippen LogP contribution is 2.23. The van der Waals surface area contributed by atoms with Gasteiger partial charge in [0.2, 0.25) is 0 Å². The molecular formula is C15H20BrClN2O. The second-order valence-corrected chi connectivity index (χ2v) is 6.84. The molecule has 1 aromatic carbocycles. The Morgan fingerprint density at radius 1 is 1.55 bits per heavy atom. The molecule has 1 heterocycles. The van der Waals surface area contributed by atoms with Crippen molar-refractivity contribution in [2.24, 2.45) is 5.92 Å². The van der Waals surface area contributed by atoms with E-state index in [-0.39, 0.29) is 5.91 Å². The van der Waals surface area contributed by atoms with Crippen molar-refractivity contribution in [1.29, 1.82) is 0 Å². The van der Waals surface area contributed by atoms with E-state index < -0.39 is 0 Å². The lowest BCUT2D eigenvalue weighted by molar-refractivity contribution is 0.0947. The standard InChI is InChI=1S/C15H20BrClN2O/c1-10(2)19-6-5-11(9-19)8-18-15(20)12-3-4-14(17)13(16)7-12/h3-4,7,10-11H,5-6,8-9H2,1-2H3,(H,18,20). The zero-order valence-electron chi connectivity index (χ0n) is 11.8. The Hall–Kier alpha value is -0.580. The van der Waals surface area contributed by atoms with Gasteiger partial charge in [-0.25, -0.2) is 0 Å². The molecule has 3 nitrogen and oxygen atoms in total. The number of halogens is 2. The third kappa shape index (κ3) is 3.96. The lowest BCUT2D eigenvalue weighted by Crippen LogP contribution is -2.33. The molecule has 0 radical (unpaired) electrons. The molecule has 110 valence electrons. The number of carbonyl (C=O) groups excluding carboxylic acids is 1. The van der Waals surface area contributed by atoms with Crippen molar-refractivity contribution >= 4 is 33.4 Å². The molecule has 0 saturated carbocycles. The summed E-state index contributed by atoms with van der Waals surface area (Å²) in [6, 6.07) is 5.82. The number of nitrogens with zero attached hydrogens (tertiary/aromatic N) is 1. The van der Waals surface area contributed by atoms with Gasteiger partial charge in [0, 0.05) is 29.2 Å². The van der Waals surface area contributed by atoms with E-state index in [4.69, 9.17) is 11.6 Å². The van der Waals surface area contributed by atoms with Gasteiger partial charge in [0.15, 0.2) is 0 Å². The maximum Gasteiger partial charge on any atom is 0.251 e. The Morgan fingerprint density at radius 2 is 2.30 bits per heavy atom. The average Bonchev–Trinajstić information content (AvgIpc) is 2.88. The molecule has 1 aliphatic heterocycles. The first-order valence-electron chi connectivity index (χ1n) is 6.94. The molecule has 1 saturated heterocycles. The summed E-state index contributed by atoms with van der Waals surface area (Å²) in [5.74, 6) is 0.516. The summed E-state index contributed by atoms with van der Waals surface area (Å²) in [6.45, 7) is 7.37. The number of hydrogen-bond acceptors (Lipinski definition) is 2. The Kier molecular flexibility index (Phi) is 5.47. The molecule has 1 amide bonds. The number of hydrogen-bond donors (Lipinski definition) is 1. The zero-order valence-corrected chi connectivity index (χ0v) is 14.2. The van der Waals surface area contributed by atoms with Crippen LogP contribution in [0, 0.1) is 5.92 Å². The van der Waals surface area contributed by atoms with E-state index in [0.29, 0.717) is 22.5 Å². The summed E-state index contributed by atoms with van der Waals surface area (Å²) in [6.07, 6.45) is 1.16. The van der Waals surface area contributed by atoms with Crippen molar-refractivity contribution in [3.8, 4) is 0 Å².